The van der Waals surface area contributed by atoms with Gasteiger partial charge in [-0.1, -0.05) is 23.4 Å². The first kappa shape index (κ1) is 12.9. The van der Waals surface area contributed by atoms with Gasteiger partial charge in [-0.15, -0.1) is 0 Å². The quantitative estimate of drug-likeness (QED) is 0.386. The van der Waals surface area contributed by atoms with Crippen LogP contribution in [0.1, 0.15) is 11.1 Å². The molecule has 98 valence electrons. The van der Waals surface area contributed by atoms with Gasteiger partial charge in [0.25, 0.3) is 0 Å². The number of nitrogens with two attached hydrogens (primary N) is 1. The molecule has 0 saturated carbocycles. The Balaban J connectivity index is 2.44. The molecular formula is C14H13FN2O2. The summed E-state index contributed by atoms with van der Waals surface area (Å²) in [6.45, 7) is 1.87. The van der Waals surface area contributed by atoms with Crippen molar-refractivity contribution in [2.75, 3.05) is 0 Å². The van der Waals surface area contributed by atoms with E-state index in [-0.39, 0.29) is 11.6 Å². The zero-order valence-corrected chi connectivity index (χ0v) is 10.3. The lowest BCUT2D eigenvalue weighted by atomic mass is 10.1. The Kier molecular flexibility index (Phi) is 3.66. The largest absolute Gasteiger partial charge is 0.454 e. The Morgan fingerprint density at radius 2 is 1.95 bits per heavy atom. The predicted octanol–water partition coefficient (Wildman–Crippen LogP) is 3.02. The molecule has 0 spiro atoms. The molecule has 0 aliphatic rings. The predicted molar refractivity (Wildman–Crippen MR) is 70.2 cm³/mol. The smallest absolute Gasteiger partial charge is 0.173 e. The molecule has 0 bridgehead atoms. The van der Waals surface area contributed by atoms with Crippen molar-refractivity contribution in [2.45, 2.75) is 6.92 Å². The van der Waals surface area contributed by atoms with Crippen LogP contribution in [0.3, 0.4) is 0 Å². The molecule has 2 aromatic rings. The minimum Gasteiger partial charge on any atom is -0.454 e. The number of para-hydroxylation sites is 1. The summed E-state index contributed by atoms with van der Waals surface area (Å²) in [5.41, 5.74) is 6.88. The fourth-order valence-electron chi connectivity index (χ4n) is 1.63. The Bertz CT molecular complexity index is 627. The molecule has 0 aliphatic carbocycles. The third kappa shape index (κ3) is 2.82. The molecule has 0 aliphatic heterocycles. The minimum atomic E-state index is -0.477. The maximum Gasteiger partial charge on any atom is 0.173 e. The van der Waals surface area contributed by atoms with Crippen molar-refractivity contribution in [3.63, 3.8) is 0 Å². The number of aryl methyl sites for hydroxylation is 1. The maximum absolute atomic E-state index is 13.6. The highest BCUT2D eigenvalue weighted by atomic mass is 19.1. The molecule has 0 aromatic heterocycles. The van der Waals surface area contributed by atoms with Crippen molar-refractivity contribution in [1.82, 2.24) is 0 Å². The molecule has 2 rings (SSSR count). The first-order chi connectivity index (χ1) is 9.11. The Hall–Kier alpha value is -2.56. The molecule has 0 radical (unpaired) electrons. The van der Waals surface area contributed by atoms with E-state index >= 15 is 0 Å². The van der Waals surface area contributed by atoms with Crippen LogP contribution in [0.5, 0.6) is 11.5 Å². The fraction of sp³-hybridized carbons (Fsp3) is 0.0714. The van der Waals surface area contributed by atoms with Gasteiger partial charge < -0.3 is 15.7 Å². The molecule has 3 N–H and O–H groups in total. The van der Waals surface area contributed by atoms with Crippen LogP contribution in [-0.2, 0) is 0 Å². The van der Waals surface area contributed by atoms with Gasteiger partial charge in [-0.3, -0.25) is 0 Å². The summed E-state index contributed by atoms with van der Waals surface area (Å²) in [5.74, 6) is -0.152. The van der Waals surface area contributed by atoms with E-state index in [1.807, 2.05) is 6.92 Å². The van der Waals surface area contributed by atoms with Gasteiger partial charge in [0.1, 0.15) is 5.75 Å². The van der Waals surface area contributed by atoms with Crippen LogP contribution in [0.2, 0.25) is 0 Å². The number of halogens is 1. The summed E-state index contributed by atoms with van der Waals surface area (Å²) in [5, 5.41) is 11.7. The number of amidine groups is 1. The van der Waals surface area contributed by atoms with Crippen LogP contribution in [-0.4, -0.2) is 11.0 Å². The second-order valence-corrected chi connectivity index (χ2v) is 4.02. The van der Waals surface area contributed by atoms with Crippen LogP contribution in [0.15, 0.2) is 47.6 Å². The topological polar surface area (TPSA) is 67.8 Å². The lowest BCUT2D eigenvalue weighted by Crippen LogP contribution is -2.14. The summed E-state index contributed by atoms with van der Waals surface area (Å²) in [6.07, 6.45) is 0. The second kappa shape index (κ2) is 5.39. The standard InChI is InChI=1S/C14H13FN2O2/c1-9-6-7-10(14(16)17-18)13(8-9)19-12-5-3-2-4-11(12)15/h2-8,18H,1H3,(H2,16,17). The molecule has 0 atom stereocenters. The van der Waals surface area contributed by atoms with Crippen LogP contribution in [0, 0.1) is 12.7 Å². The molecule has 0 amide bonds. The van der Waals surface area contributed by atoms with E-state index in [1.165, 1.54) is 12.1 Å². The van der Waals surface area contributed by atoms with E-state index in [2.05, 4.69) is 5.16 Å². The van der Waals surface area contributed by atoms with Crippen LogP contribution in [0.25, 0.3) is 0 Å². The molecule has 0 unspecified atom stereocenters. The first-order valence-corrected chi connectivity index (χ1v) is 5.62. The number of rotatable bonds is 3. The van der Waals surface area contributed by atoms with Crippen molar-refractivity contribution < 1.29 is 14.3 Å². The zero-order valence-electron chi connectivity index (χ0n) is 10.3. The Labute approximate surface area is 109 Å². The lowest BCUT2D eigenvalue weighted by molar-refractivity contribution is 0.318. The van der Waals surface area contributed by atoms with Gasteiger partial charge in [-0.2, -0.15) is 0 Å². The summed E-state index contributed by atoms with van der Waals surface area (Å²) >= 11 is 0. The summed E-state index contributed by atoms with van der Waals surface area (Å²) in [7, 11) is 0. The average Bonchev–Trinajstić information content (AvgIpc) is 2.41. The molecular weight excluding hydrogens is 247 g/mol. The molecule has 19 heavy (non-hydrogen) atoms. The van der Waals surface area contributed by atoms with Crippen LogP contribution < -0.4 is 10.5 Å². The van der Waals surface area contributed by atoms with Gasteiger partial charge >= 0.3 is 0 Å². The zero-order chi connectivity index (χ0) is 13.8. The third-order valence-corrected chi connectivity index (χ3v) is 2.58. The highest BCUT2D eigenvalue weighted by molar-refractivity contribution is 5.99. The summed E-state index contributed by atoms with van der Waals surface area (Å²) < 4.78 is 19.1. The monoisotopic (exact) mass is 260 g/mol. The van der Waals surface area contributed by atoms with E-state index in [0.29, 0.717) is 11.3 Å². The van der Waals surface area contributed by atoms with E-state index in [0.717, 1.165) is 5.56 Å². The molecule has 0 fully saturated rings. The molecule has 0 heterocycles. The number of benzene rings is 2. The number of ether oxygens (including phenoxy) is 1. The molecule has 2 aromatic carbocycles. The van der Waals surface area contributed by atoms with Gasteiger partial charge in [0.2, 0.25) is 0 Å². The van der Waals surface area contributed by atoms with Gasteiger partial charge in [0, 0.05) is 0 Å². The highest BCUT2D eigenvalue weighted by Crippen LogP contribution is 2.28. The number of hydrogen-bond donors (Lipinski definition) is 2. The van der Waals surface area contributed by atoms with Gasteiger partial charge in [-0.25, -0.2) is 4.39 Å². The number of oxime groups is 1. The number of hydrogen-bond acceptors (Lipinski definition) is 3. The highest BCUT2D eigenvalue weighted by Gasteiger charge is 2.11. The number of nitrogens with zero attached hydrogens (tertiary/aromatic N) is 1. The van der Waals surface area contributed by atoms with Crippen molar-refractivity contribution in [1.29, 1.82) is 0 Å². The maximum atomic E-state index is 13.6. The third-order valence-electron chi connectivity index (χ3n) is 2.58. The van der Waals surface area contributed by atoms with Crippen molar-refractivity contribution in [3.8, 4) is 11.5 Å². The van der Waals surface area contributed by atoms with E-state index in [1.54, 1.807) is 30.3 Å². The Morgan fingerprint density at radius 1 is 1.21 bits per heavy atom. The van der Waals surface area contributed by atoms with Crippen molar-refractivity contribution in [2.24, 2.45) is 10.9 Å². The van der Waals surface area contributed by atoms with Gasteiger partial charge in [0.15, 0.2) is 17.4 Å². The molecule has 5 heteroatoms. The van der Waals surface area contributed by atoms with Crippen LogP contribution >= 0.6 is 0 Å². The van der Waals surface area contributed by atoms with Gasteiger partial charge in [-0.05, 0) is 36.8 Å². The normalized spacial score (nSPS) is 11.4. The molecule has 0 saturated heterocycles. The van der Waals surface area contributed by atoms with Crippen molar-refractivity contribution in [3.05, 3.63) is 59.4 Å². The second-order valence-electron chi connectivity index (χ2n) is 4.02. The first-order valence-electron chi connectivity index (χ1n) is 5.62. The van der Waals surface area contributed by atoms with E-state index < -0.39 is 5.82 Å². The van der Waals surface area contributed by atoms with Crippen molar-refractivity contribution >= 4 is 5.84 Å². The lowest BCUT2D eigenvalue weighted by Gasteiger charge is -2.11. The van der Waals surface area contributed by atoms with Gasteiger partial charge in [0.05, 0.1) is 5.56 Å². The Morgan fingerprint density at radius 3 is 2.63 bits per heavy atom. The van der Waals surface area contributed by atoms with E-state index in [9.17, 15) is 4.39 Å². The SMILES string of the molecule is Cc1ccc(C(N)=NO)c(Oc2ccccc2F)c1. The van der Waals surface area contributed by atoms with E-state index in [4.69, 9.17) is 15.7 Å². The fourth-order valence-corrected chi connectivity index (χ4v) is 1.63. The summed E-state index contributed by atoms with van der Waals surface area (Å²) in [6, 6.07) is 11.2. The minimum absolute atomic E-state index is 0.0834. The van der Waals surface area contributed by atoms with Crippen LogP contribution in [0.4, 0.5) is 4.39 Å². The molecule has 4 nitrogen and oxygen atoms in total. The summed E-state index contributed by atoms with van der Waals surface area (Å²) in [4.78, 5) is 0. The average molecular weight is 260 g/mol.